The van der Waals surface area contributed by atoms with E-state index in [4.69, 9.17) is 0 Å². The zero-order chi connectivity index (χ0) is 10.4. The fourth-order valence-electron chi connectivity index (χ4n) is 1.10. The molecular formula is C11H13F2N. The molecule has 0 spiro atoms. The molecule has 14 heavy (non-hydrogen) atoms. The number of nitrogens with one attached hydrogen (secondary N) is 1. The molecule has 1 N–H and O–H groups in total. The van der Waals surface area contributed by atoms with Gasteiger partial charge in [-0.1, -0.05) is 6.08 Å². The number of halogens is 2. The van der Waals surface area contributed by atoms with Crippen LogP contribution in [-0.4, -0.2) is 6.54 Å². The third-order valence-electron chi connectivity index (χ3n) is 1.83. The Labute approximate surface area is 82.4 Å². The van der Waals surface area contributed by atoms with Gasteiger partial charge in [0.15, 0.2) is 0 Å². The van der Waals surface area contributed by atoms with E-state index in [0.717, 1.165) is 18.9 Å². The van der Waals surface area contributed by atoms with E-state index in [2.05, 4.69) is 11.9 Å². The molecule has 3 heteroatoms. The lowest BCUT2D eigenvalue weighted by atomic mass is 10.2. The first-order valence-electron chi connectivity index (χ1n) is 4.54. The first-order valence-corrected chi connectivity index (χ1v) is 4.54. The van der Waals surface area contributed by atoms with Crippen molar-refractivity contribution >= 4 is 5.69 Å². The van der Waals surface area contributed by atoms with Gasteiger partial charge in [0.25, 0.3) is 0 Å². The third kappa shape index (κ3) is 3.17. The molecular weight excluding hydrogens is 184 g/mol. The van der Waals surface area contributed by atoms with Crippen LogP contribution in [0.4, 0.5) is 14.5 Å². The van der Waals surface area contributed by atoms with Crippen LogP contribution in [0.5, 0.6) is 0 Å². The number of hydrogen-bond donors (Lipinski definition) is 1. The molecule has 0 aromatic heterocycles. The highest BCUT2D eigenvalue weighted by Crippen LogP contribution is 2.14. The van der Waals surface area contributed by atoms with E-state index in [-0.39, 0.29) is 0 Å². The van der Waals surface area contributed by atoms with Crippen LogP contribution in [0, 0.1) is 11.6 Å². The van der Waals surface area contributed by atoms with E-state index in [1.165, 1.54) is 12.1 Å². The molecule has 1 rings (SSSR count). The zero-order valence-electron chi connectivity index (χ0n) is 7.89. The smallest absolute Gasteiger partial charge is 0.149 e. The van der Waals surface area contributed by atoms with Crippen LogP contribution in [0.2, 0.25) is 0 Å². The Morgan fingerprint density at radius 1 is 1.36 bits per heavy atom. The Hall–Kier alpha value is -1.38. The molecule has 0 aliphatic heterocycles. The summed E-state index contributed by atoms with van der Waals surface area (Å²) < 4.78 is 25.5. The van der Waals surface area contributed by atoms with E-state index < -0.39 is 11.6 Å². The van der Waals surface area contributed by atoms with Gasteiger partial charge in [-0.2, -0.15) is 0 Å². The summed E-state index contributed by atoms with van der Waals surface area (Å²) >= 11 is 0. The van der Waals surface area contributed by atoms with Gasteiger partial charge >= 0.3 is 0 Å². The zero-order valence-corrected chi connectivity index (χ0v) is 7.89. The van der Waals surface area contributed by atoms with Gasteiger partial charge in [-0.05, 0) is 25.0 Å². The number of benzene rings is 1. The minimum Gasteiger partial charge on any atom is -0.383 e. The highest BCUT2D eigenvalue weighted by molar-refractivity contribution is 5.44. The third-order valence-corrected chi connectivity index (χ3v) is 1.83. The molecule has 0 amide bonds. The number of allylic oxidation sites excluding steroid dienone is 1. The molecule has 0 radical (unpaired) electrons. The molecule has 1 aromatic rings. The van der Waals surface area contributed by atoms with Gasteiger partial charge in [0.2, 0.25) is 0 Å². The number of anilines is 1. The summed E-state index contributed by atoms with van der Waals surface area (Å²) in [5, 5.41) is 2.89. The molecule has 0 aliphatic carbocycles. The van der Waals surface area contributed by atoms with Crippen LogP contribution in [0.3, 0.4) is 0 Å². The molecule has 0 unspecified atom stereocenters. The minimum absolute atomic E-state index is 0.343. The van der Waals surface area contributed by atoms with Gasteiger partial charge in [0, 0.05) is 12.6 Å². The van der Waals surface area contributed by atoms with E-state index in [1.807, 2.05) is 6.08 Å². The lowest BCUT2D eigenvalue weighted by Crippen LogP contribution is -2.03. The van der Waals surface area contributed by atoms with Crippen molar-refractivity contribution in [2.45, 2.75) is 12.8 Å². The Kier molecular flexibility index (Phi) is 4.11. The van der Waals surface area contributed by atoms with Gasteiger partial charge in [0.1, 0.15) is 11.6 Å². The van der Waals surface area contributed by atoms with Crippen molar-refractivity contribution in [3.05, 3.63) is 42.5 Å². The number of unbranched alkanes of at least 4 members (excludes halogenated alkanes) is 1. The minimum atomic E-state index is -0.556. The van der Waals surface area contributed by atoms with Crippen LogP contribution in [0.25, 0.3) is 0 Å². The fraction of sp³-hybridized carbons (Fsp3) is 0.273. The fourth-order valence-corrected chi connectivity index (χ4v) is 1.10. The molecule has 0 saturated heterocycles. The Balaban J connectivity index is 2.46. The molecule has 0 aliphatic rings. The summed E-state index contributed by atoms with van der Waals surface area (Å²) in [6.45, 7) is 4.24. The van der Waals surface area contributed by atoms with E-state index in [1.54, 1.807) is 0 Å². The lowest BCUT2D eigenvalue weighted by molar-refractivity contribution is 0.585. The van der Waals surface area contributed by atoms with Crippen molar-refractivity contribution < 1.29 is 8.78 Å². The SMILES string of the molecule is C=CCCCNc1ccc(F)cc1F. The average Bonchev–Trinajstić information content (AvgIpc) is 2.15. The standard InChI is InChI=1S/C11H13F2N/c1-2-3-4-7-14-11-6-5-9(12)8-10(11)13/h2,5-6,8,14H,1,3-4,7H2. The number of hydrogen-bond acceptors (Lipinski definition) is 1. The predicted molar refractivity (Wildman–Crippen MR) is 54.3 cm³/mol. The van der Waals surface area contributed by atoms with Crippen molar-refractivity contribution in [2.24, 2.45) is 0 Å². The topological polar surface area (TPSA) is 12.0 Å². The van der Waals surface area contributed by atoms with E-state index in [9.17, 15) is 8.78 Å². The van der Waals surface area contributed by atoms with Crippen LogP contribution < -0.4 is 5.32 Å². The first kappa shape index (κ1) is 10.7. The highest BCUT2D eigenvalue weighted by Gasteiger charge is 2.01. The second-order valence-corrected chi connectivity index (χ2v) is 2.98. The van der Waals surface area contributed by atoms with Gasteiger partial charge in [-0.15, -0.1) is 6.58 Å². The van der Waals surface area contributed by atoms with Crippen LogP contribution in [0.15, 0.2) is 30.9 Å². The second kappa shape index (κ2) is 5.37. The quantitative estimate of drug-likeness (QED) is 0.564. The Morgan fingerprint density at radius 3 is 2.79 bits per heavy atom. The van der Waals surface area contributed by atoms with Gasteiger partial charge in [0.05, 0.1) is 5.69 Å². The number of rotatable bonds is 5. The van der Waals surface area contributed by atoms with Crippen LogP contribution in [-0.2, 0) is 0 Å². The van der Waals surface area contributed by atoms with Gasteiger partial charge in [-0.25, -0.2) is 8.78 Å². The van der Waals surface area contributed by atoms with E-state index in [0.29, 0.717) is 12.2 Å². The second-order valence-electron chi connectivity index (χ2n) is 2.98. The molecule has 1 aromatic carbocycles. The summed E-state index contributed by atoms with van der Waals surface area (Å²) in [5.41, 5.74) is 0.343. The monoisotopic (exact) mass is 197 g/mol. The van der Waals surface area contributed by atoms with Crippen molar-refractivity contribution in [1.82, 2.24) is 0 Å². The van der Waals surface area contributed by atoms with Crippen LogP contribution >= 0.6 is 0 Å². The normalized spacial score (nSPS) is 9.86. The van der Waals surface area contributed by atoms with Crippen molar-refractivity contribution in [1.29, 1.82) is 0 Å². The highest BCUT2D eigenvalue weighted by atomic mass is 19.1. The summed E-state index contributed by atoms with van der Waals surface area (Å²) in [7, 11) is 0. The maximum Gasteiger partial charge on any atom is 0.149 e. The molecule has 0 saturated carbocycles. The largest absolute Gasteiger partial charge is 0.383 e. The molecule has 0 bridgehead atoms. The van der Waals surface area contributed by atoms with Crippen molar-refractivity contribution in [3.63, 3.8) is 0 Å². The Morgan fingerprint density at radius 2 is 2.14 bits per heavy atom. The predicted octanol–water partition coefficient (Wildman–Crippen LogP) is 3.34. The van der Waals surface area contributed by atoms with Crippen molar-refractivity contribution in [2.75, 3.05) is 11.9 Å². The van der Waals surface area contributed by atoms with E-state index >= 15 is 0 Å². The van der Waals surface area contributed by atoms with Crippen molar-refractivity contribution in [3.8, 4) is 0 Å². The maximum atomic E-state index is 13.0. The molecule has 1 nitrogen and oxygen atoms in total. The summed E-state index contributed by atoms with van der Waals surface area (Å²) in [6.07, 6.45) is 3.58. The Bertz CT molecular complexity index is 310. The van der Waals surface area contributed by atoms with Gasteiger partial charge < -0.3 is 5.32 Å². The molecule has 76 valence electrons. The molecule has 0 fully saturated rings. The average molecular weight is 197 g/mol. The molecule has 0 heterocycles. The van der Waals surface area contributed by atoms with Crippen LogP contribution in [0.1, 0.15) is 12.8 Å². The van der Waals surface area contributed by atoms with Gasteiger partial charge in [-0.3, -0.25) is 0 Å². The maximum absolute atomic E-state index is 13.0. The summed E-state index contributed by atoms with van der Waals surface area (Å²) in [5.74, 6) is -1.11. The summed E-state index contributed by atoms with van der Waals surface area (Å²) in [4.78, 5) is 0. The first-order chi connectivity index (χ1) is 6.74. The lowest BCUT2D eigenvalue weighted by Gasteiger charge is -2.06. The summed E-state index contributed by atoms with van der Waals surface area (Å²) in [6, 6.07) is 3.51. The molecule has 0 atom stereocenters.